The van der Waals surface area contributed by atoms with Gasteiger partial charge in [0.1, 0.15) is 19.0 Å². The molecular weight excluding hydrogens is 486 g/mol. The molecule has 1 fully saturated rings. The average Bonchev–Trinajstić information content (AvgIpc) is 2.94. The maximum atomic E-state index is 13.0. The molecule has 0 unspecified atom stereocenters. The van der Waals surface area contributed by atoms with Crippen LogP contribution < -0.4 is 25.1 Å². The predicted octanol–water partition coefficient (Wildman–Crippen LogP) is 3.13. The molecule has 0 bridgehead atoms. The van der Waals surface area contributed by atoms with Gasteiger partial charge in [-0.05, 0) is 67.4 Å². The molecule has 1 aromatic heterocycles. The normalized spacial score (nSPS) is 16.2. The smallest absolute Gasteiger partial charge is 0.328 e. The molecule has 2 N–H and O–H groups in total. The molecule has 0 radical (unpaired) electrons. The molecule has 0 aliphatic carbocycles. The van der Waals surface area contributed by atoms with Crippen LogP contribution in [0, 0.1) is 0 Å². The molecule has 200 valence electrons. The van der Waals surface area contributed by atoms with Crippen LogP contribution in [0.3, 0.4) is 0 Å². The van der Waals surface area contributed by atoms with Gasteiger partial charge in [0.25, 0.3) is 5.56 Å². The molecule has 1 saturated heterocycles. The average molecular weight is 520 g/mol. The highest BCUT2D eigenvalue weighted by molar-refractivity contribution is 5.93. The molecule has 5 rings (SSSR count). The molecule has 3 heterocycles. The monoisotopic (exact) mass is 519 g/mol. The summed E-state index contributed by atoms with van der Waals surface area (Å²) in [5.41, 5.74) is 2.33. The first-order chi connectivity index (χ1) is 18.5. The summed E-state index contributed by atoms with van der Waals surface area (Å²) in [5, 5.41) is 13.5. The molecule has 2 aliphatic rings. The summed E-state index contributed by atoms with van der Waals surface area (Å²) in [5.74, 6) is 1.22. The number of carboxylic acid groups (broad SMARTS) is 1. The molecule has 2 aliphatic heterocycles. The number of piperidine rings is 1. The van der Waals surface area contributed by atoms with Crippen LogP contribution in [0.1, 0.15) is 24.0 Å². The number of methoxy groups -OCH3 is 1. The Morgan fingerprint density at radius 1 is 1.08 bits per heavy atom. The molecule has 2 aromatic carbocycles. The van der Waals surface area contributed by atoms with Crippen molar-refractivity contribution in [1.29, 1.82) is 0 Å². The number of nitrogens with one attached hydrogen (secondary N) is 1. The second-order valence-electron chi connectivity index (χ2n) is 9.62. The minimum atomic E-state index is -1.06. The molecule has 9 heteroatoms. The summed E-state index contributed by atoms with van der Waals surface area (Å²) in [6.07, 6.45) is 4.58. The number of aliphatic carboxylic acids is 1. The van der Waals surface area contributed by atoms with E-state index in [0.29, 0.717) is 37.1 Å². The van der Waals surface area contributed by atoms with Gasteiger partial charge in [0.15, 0.2) is 11.5 Å². The molecule has 3 aromatic rings. The lowest BCUT2D eigenvalue weighted by Gasteiger charge is -2.32. The Labute approximate surface area is 221 Å². The number of hydrogen-bond donors (Lipinski definition) is 2. The van der Waals surface area contributed by atoms with Gasteiger partial charge in [0.05, 0.1) is 12.6 Å². The Morgan fingerprint density at radius 2 is 1.87 bits per heavy atom. The maximum absolute atomic E-state index is 13.0. The zero-order chi connectivity index (χ0) is 26.5. The van der Waals surface area contributed by atoms with Gasteiger partial charge in [-0.1, -0.05) is 6.07 Å². The van der Waals surface area contributed by atoms with Gasteiger partial charge >= 0.3 is 5.97 Å². The van der Waals surface area contributed by atoms with Gasteiger partial charge < -0.3 is 34.1 Å². The van der Waals surface area contributed by atoms with Gasteiger partial charge in [-0.3, -0.25) is 4.79 Å². The van der Waals surface area contributed by atoms with Gasteiger partial charge in [-0.25, -0.2) is 4.79 Å². The van der Waals surface area contributed by atoms with Crippen molar-refractivity contribution >= 4 is 22.9 Å². The standard InChI is InChI=1S/C29H33N3O6/c1-36-23-4-5-24-21(3-7-29(34)35)17-28(33)32(25(24)18-23)13-12-31-10-8-22(9-11-31)30-19-20-2-6-26-27(16-20)38-15-14-37-26/h2-7,16-18,22,30H,8-15,19H2,1H3,(H,34,35). The van der Waals surface area contributed by atoms with Gasteiger partial charge in [0, 0.05) is 49.3 Å². The quantitative estimate of drug-likeness (QED) is 0.416. The van der Waals surface area contributed by atoms with Crippen molar-refractivity contribution in [3.8, 4) is 17.2 Å². The molecule has 0 amide bonds. The number of fused-ring (bicyclic) bond motifs is 2. The molecule has 38 heavy (non-hydrogen) atoms. The number of benzene rings is 2. The fourth-order valence-corrected chi connectivity index (χ4v) is 5.10. The number of nitrogens with zero attached hydrogens (tertiary/aromatic N) is 2. The second-order valence-corrected chi connectivity index (χ2v) is 9.62. The molecule has 0 spiro atoms. The van der Waals surface area contributed by atoms with Crippen LogP contribution in [0.15, 0.2) is 53.3 Å². The van der Waals surface area contributed by atoms with Crippen LogP contribution in [0.25, 0.3) is 17.0 Å². The van der Waals surface area contributed by atoms with Crippen molar-refractivity contribution in [2.24, 2.45) is 0 Å². The third-order valence-electron chi connectivity index (χ3n) is 7.19. The first kappa shape index (κ1) is 25.8. The van der Waals surface area contributed by atoms with E-state index in [1.165, 1.54) is 17.7 Å². The van der Waals surface area contributed by atoms with Crippen LogP contribution >= 0.6 is 0 Å². The molecule has 0 atom stereocenters. The number of hydrogen-bond acceptors (Lipinski definition) is 7. The fourth-order valence-electron chi connectivity index (χ4n) is 5.10. The number of carboxylic acids is 1. The topological polar surface area (TPSA) is 102 Å². The highest BCUT2D eigenvalue weighted by Gasteiger charge is 2.20. The second kappa shape index (κ2) is 11.7. The summed E-state index contributed by atoms with van der Waals surface area (Å²) in [6.45, 7) is 5.17. The van der Waals surface area contributed by atoms with E-state index in [4.69, 9.17) is 19.3 Å². The van der Waals surface area contributed by atoms with Crippen molar-refractivity contribution < 1.29 is 24.1 Å². The first-order valence-corrected chi connectivity index (χ1v) is 13.0. The lowest BCUT2D eigenvalue weighted by atomic mass is 10.0. The van der Waals surface area contributed by atoms with Crippen molar-refractivity contribution in [3.05, 3.63) is 70.0 Å². The third-order valence-corrected chi connectivity index (χ3v) is 7.19. The highest BCUT2D eigenvalue weighted by atomic mass is 16.6. The summed E-state index contributed by atoms with van der Waals surface area (Å²) in [6, 6.07) is 13.6. The Morgan fingerprint density at radius 3 is 2.63 bits per heavy atom. The predicted molar refractivity (Wildman–Crippen MR) is 145 cm³/mol. The number of ether oxygens (including phenoxy) is 3. The van der Waals surface area contributed by atoms with Crippen LogP contribution in [-0.2, 0) is 17.9 Å². The number of aromatic nitrogens is 1. The van der Waals surface area contributed by atoms with Crippen molar-refractivity contribution in [2.45, 2.75) is 32.0 Å². The Kier molecular flexibility index (Phi) is 7.95. The van der Waals surface area contributed by atoms with Crippen LogP contribution in [0.2, 0.25) is 0 Å². The summed E-state index contributed by atoms with van der Waals surface area (Å²) >= 11 is 0. The highest BCUT2D eigenvalue weighted by Crippen LogP contribution is 2.31. The largest absolute Gasteiger partial charge is 0.497 e. The summed E-state index contributed by atoms with van der Waals surface area (Å²) < 4.78 is 18.4. The van der Waals surface area contributed by atoms with Crippen molar-refractivity contribution in [2.75, 3.05) is 40.0 Å². The zero-order valence-electron chi connectivity index (χ0n) is 21.5. The van der Waals surface area contributed by atoms with E-state index in [1.54, 1.807) is 11.7 Å². The van der Waals surface area contributed by atoms with Crippen molar-refractivity contribution in [3.63, 3.8) is 0 Å². The molecule has 9 nitrogen and oxygen atoms in total. The lowest BCUT2D eigenvalue weighted by Crippen LogP contribution is -2.43. The number of rotatable bonds is 9. The van der Waals surface area contributed by atoms with Gasteiger partial charge in [-0.2, -0.15) is 0 Å². The SMILES string of the molecule is COc1ccc2c(C=CC(=O)O)cc(=O)n(CCN3CCC(NCc4ccc5c(c4)OCCO5)CC3)c2c1. The van der Waals surface area contributed by atoms with Gasteiger partial charge in [-0.15, -0.1) is 0 Å². The van der Waals surface area contributed by atoms with E-state index in [2.05, 4.69) is 22.3 Å². The van der Waals surface area contributed by atoms with E-state index in [-0.39, 0.29) is 5.56 Å². The third kappa shape index (κ3) is 6.00. The van der Waals surface area contributed by atoms with E-state index < -0.39 is 5.97 Å². The van der Waals surface area contributed by atoms with Crippen LogP contribution in [0.4, 0.5) is 0 Å². The number of likely N-dealkylation sites (tertiary alicyclic amines) is 1. The Bertz CT molecular complexity index is 1390. The van der Waals surface area contributed by atoms with Crippen LogP contribution in [0.5, 0.6) is 17.2 Å². The van der Waals surface area contributed by atoms with Crippen LogP contribution in [-0.4, -0.2) is 66.5 Å². The zero-order valence-corrected chi connectivity index (χ0v) is 21.5. The van der Waals surface area contributed by atoms with E-state index in [9.17, 15) is 9.59 Å². The minimum absolute atomic E-state index is 0.160. The van der Waals surface area contributed by atoms with E-state index in [0.717, 1.165) is 67.5 Å². The Balaban J connectivity index is 1.19. The van der Waals surface area contributed by atoms with E-state index >= 15 is 0 Å². The maximum Gasteiger partial charge on any atom is 0.328 e. The molecular formula is C29H33N3O6. The molecule has 0 saturated carbocycles. The minimum Gasteiger partial charge on any atom is -0.497 e. The fraction of sp³-hybridized carbons (Fsp3) is 0.379. The number of carbonyl (C=O) groups is 1. The summed E-state index contributed by atoms with van der Waals surface area (Å²) in [7, 11) is 1.59. The Hall–Kier alpha value is -3.82. The van der Waals surface area contributed by atoms with Crippen molar-refractivity contribution in [1.82, 2.24) is 14.8 Å². The lowest BCUT2D eigenvalue weighted by molar-refractivity contribution is -0.131. The number of pyridine rings is 1. The first-order valence-electron chi connectivity index (χ1n) is 13.0. The van der Waals surface area contributed by atoms with Gasteiger partial charge in [0.2, 0.25) is 0 Å². The van der Waals surface area contributed by atoms with E-state index in [1.807, 2.05) is 24.3 Å². The summed E-state index contributed by atoms with van der Waals surface area (Å²) in [4.78, 5) is 26.4.